The van der Waals surface area contributed by atoms with Gasteiger partial charge >= 0.3 is 0 Å². The van der Waals surface area contributed by atoms with E-state index in [9.17, 15) is 14.6 Å². The first-order valence-electron chi connectivity index (χ1n) is 6.50. The Bertz CT molecular complexity index is 669. The fourth-order valence-corrected chi connectivity index (χ4v) is 2.23. The van der Waals surface area contributed by atoms with Crippen molar-refractivity contribution < 1.29 is 19.3 Å². The van der Waals surface area contributed by atoms with Crippen LogP contribution in [0.2, 0.25) is 5.02 Å². The predicted octanol–water partition coefficient (Wildman–Crippen LogP) is 4.09. The van der Waals surface area contributed by atoms with Gasteiger partial charge in [0, 0.05) is 17.2 Å². The molecular weight excluding hydrogens is 297 g/mol. The molecule has 2 aromatic rings. The molecule has 0 fully saturated rings. The van der Waals surface area contributed by atoms with E-state index in [4.69, 9.17) is 16.3 Å². The van der Waals surface area contributed by atoms with Gasteiger partial charge in [0.25, 0.3) is 0 Å². The van der Waals surface area contributed by atoms with Crippen molar-refractivity contribution in [2.45, 2.75) is 33.8 Å². The summed E-state index contributed by atoms with van der Waals surface area (Å²) in [5, 5.41) is 20.3. The van der Waals surface area contributed by atoms with E-state index in [1.165, 1.54) is 6.07 Å². The van der Waals surface area contributed by atoms with Crippen molar-refractivity contribution in [3.05, 3.63) is 34.1 Å². The third-order valence-electron chi connectivity index (χ3n) is 3.26. The molecule has 0 radical (unpaired) electrons. The van der Waals surface area contributed by atoms with Crippen molar-refractivity contribution >= 4 is 11.6 Å². The Balaban J connectivity index is 2.67. The highest BCUT2D eigenvalue weighted by molar-refractivity contribution is 6.32. The molecule has 1 aromatic carbocycles. The molecule has 4 nitrogen and oxygen atoms in total. The minimum Gasteiger partial charge on any atom is -0.494 e. The lowest BCUT2D eigenvalue weighted by atomic mass is 10.2. The quantitative estimate of drug-likeness (QED) is 0.897. The number of benzene rings is 1. The van der Waals surface area contributed by atoms with Crippen LogP contribution in [-0.2, 0) is 0 Å². The van der Waals surface area contributed by atoms with Crippen LogP contribution in [0.5, 0.6) is 17.5 Å². The molecule has 0 aliphatic rings. The SMILES string of the molecule is Cc1c(C)c(O)n(-c2cc(OC(C)C)c(Cl)cc2F)c1O. The first-order valence-corrected chi connectivity index (χ1v) is 6.87. The van der Waals surface area contributed by atoms with E-state index >= 15 is 0 Å². The molecule has 0 aliphatic carbocycles. The van der Waals surface area contributed by atoms with Gasteiger partial charge in [-0.2, -0.15) is 0 Å². The van der Waals surface area contributed by atoms with E-state index in [0.29, 0.717) is 11.1 Å². The highest BCUT2D eigenvalue weighted by atomic mass is 35.5. The molecule has 0 bridgehead atoms. The fraction of sp³-hybridized carbons (Fsp3) is 0.333. The monoisotopic (exact) mass is 313 g/mol. The van der Waals surface area contributed by atoms with Crippen molar-refractivity contribution in [3.63, 3.8) is 0 Å². The fourth-order valence-electron chi connectivity index (χ4n) is 2.03. The second-order valence-corrected chi connectivity index (χ2v) is 5.54. The Kier molecular flexibility index (Phi) is 4.05. The van der Waals surface area contributed by atoms with Gasteiger partial charge in [0.1, 0.15) is 11.6 Å². The van der Waals surface area contributed by atoms with Crippen LogP contribution in [-0.4, -0.2) is 20.9 Å². The first-order chi connectivity index (χ1) is 9.73. The number of hydrogen-bond acceptors (Lipinski definition) is 3. The number of aromatic hydroxyl groups is 2. The molecule has 0 saturated heterocycles. The average molecular weight is 314 g/mol. The first kappa shape index (κ1) is 15.5. The number of hydrogen-bond donors (Lipinski definition) is 2. The summed E-state index contributed by atoms with van der Waals surface area (Å²) >= 11 is 5.95. The van der Waals surface area contributed by atoms with Gasteiger partial charge in [-0.1, -0.05) is 11.6 Å². The third kappa shape index (κ3) is 2.65. The number of nitrogens with zero attached hydrogens (tertiary/aromatic N) is 1. The predicted molar refractivity (Wildman–Crippen MR) is 79.3 cm³/mol. The maximum atomic E-state index is 14.2. The molecule has 114 valence electrons. The van der Waals surface area contributed by atoms with E-state index in [2.05, 4.69) is 0 Å². The van der Waals surface area contributed by atoms with Gasteiger partial charge in [-0.05, 0) is 33.8 Å². The van der Waals surface area contributed by atoms with Crippen molar-refractivity contribution in [2.24, 2.45) is 0 Å². The zero-order valence-corrected chi connectivity index (χ0v) is 13.0. The summed E-state index contributed by atoms with van der Waals surface area (Å²) in [6, 6.07) is 2.45. The summed E-state index contributed by atoms with van der Waals surface area (Å²) in [5.41, 5.74) is 0.933. The van der Waals surface area contributed by atoms with Crippen molar-refractivity contribution in [3.8, 4) is 23.2 Å². The van der Waals surface area contributed by atoms with Crippen molar-refractivity contribution in [1.29, 1.82) is 0 Å². The minimum atomic E-state index is -0.670. The number of ether oxygens (including phenoxy) is 1. The summed E-state index contributed by atoms with van der Waals surface area (Å²) < 4.78 is 20.7. The van der Waals surface area contributed by atoms with Crippen LogP contribution < -0.4 is 4.74 Å². The molecule has 2 rings (SSSR count). The number of rotatable bonds is 3. The molecule has 1 aromatic heterocycles. The smallest absolute Gasteiger partial charge is 0.202 e. The molecule has 0 atom stereocenters. The number of halogens is 2. The second-order valence-electron chi connectivity index (χ2n) is 5.13. The van der Waals surface area contributed by atoms with Crippen LogP contribution >= 0.6 is 11.6 Å². The van der Waals surface area contributed by atoms with Crippen LogP contribution in [0.25, 0.3) is 5.69 Å². The largest absolute Gasteiger partial charge is 0.494 e. The Hall–Kier alpha value is -1.88. The van der Waals surface area contributed by atoms with Gasteiger partial charge in [0.2, 0.25) is 11.8 Å². The molecule has 0 saturated carbocycles. The van der Waals surface area contributed by atoms with Gasteiger partial charge < -0.3 is 14.9 Å². The summed E-state index contributed by atoms with van der Waals surface area (Å²) in [6.07, 6.45) is -0.142. The van der Waals surface area contributed by atoms with Gasteiger partial charge in [0.05, 0.1) is 16.8 Å². The van der Waals surface area contributed by atoms with E-state index in [0.717, 1.165) is 10.6 Å². The van der Waals surface area contributed by atoms with Crippen LogP contribution in [0.15, 0.2) is 12.1 Å². The lowest BCUT2D eigenvalue weighted by Gasteiger charge is -2.15. The normalized spacial score (nSPS) is 11.2. The van der Waals surface area contributed by atoms with Crippen molar-refractivity contribution in [1.82, 2.24) is 4.57 Å². The van der Waals surface area contributed by atoms with E-state index in [-0.39, 0.29) is 34.3 Å². The highest BCUT2D eigenvalue weighted by Crippen LogP contribution is 2.39. The highest BCUT2D eigenvalue weighted by Gasteiger charge is 2.21. The maximum absolute atomic E-state index is 14.2. The van der Waals surface area contributed by atoms with Gasteiger partial charge in [-0.25, -0.2) is 8.96 Å². The summed E-state index contributed by atoms with van der Waals surface area (Å²) in [4.78, 5) is 0. The van der Waals surface area contributed by atoms with Crippen LogP contribution in [0.1, 0.15) is 25.0 Å². The van der Waals surface area contributed by atoms with E-state index < -0.39 is 5.82 Å². The van der Waals surface area contributed by atoms with E-state index in [1.807, 2.05) is 13.8 Å². The zero-order chi connectivity index (χ0) is 15.9. The van der Waals surface area contributed by atoms with E-state index in [1.54, 1.807) is 13.8 Å². The summed E-state index contributed by atoms with van der Waals surface area (Å²) in [7, 11) is 0. The standard InChI is InChI=1S/C15H17ClFNO3/c1-7(2)21-13-6-12(11(17)5-10(13)16)18-14(19)8(3)9(4)15(18)20/h5-7,19-20H,1-4H3. The van der Waals surface area contributed by atoms with Gasteiger partial charge in [0.15, 0.2) is 0 Å². The summed E-state index contributed by atoms with van der Waals surface area (Å²) in [5.74, 6) is -0.828. The maximum Gasteiger partial charge on any atom is 0.202 e. The van der Waals surface area contributed by atoms with Gasteiger partial charge in [-0.15, -0.1) is 0 Å². The Morgan fingerprint density at radius 2 is 1.67 bits per heavy atom. The molecule has 21 heavy (non-hydrogen) atoms. The topological polar surface area (TPSA) is 54.6 Å². The molecule has 0 amide bonds. The molecule has 0 spiro atoms. The molecule has 1 heterocycles. The van der Waals surface area contributed by atoms with Crippen molar-refractivity contribution in [2.75, 3.05) is 0 Å². The number of aromatic nitrogens is 1. The lowest BCUT2D eigenvalue weighted by Crippen LogP contribution is -2.07. The lowest BCUT2D eigenvalue weighted by molar-refractivity contribution is 0.242. The van der Waals surface area contributed by atoms with Gasteiger partial charge in [-0.3, -0.25) is 0 Å². The zero-order valence-electron chi connectivity index (χ0n) is 12.2. The molecule has 2 N–H and O–H groups in total. The molecule has 0 aliphatic heterocycles. The van der Waals surface area contributed by atoms with Crippen LogP contribution in [0.3, 0.4) is 0 Å². The average Bonchev–Trinajstić information content (AvgIpc) is 2.58. The molecule has 0 unspecified atom stereocenters. The Morgan fingerprint density at radius 3 is 2.14 bits per heavy atom. The van der Waals surface area contributed by atoms with Crippen LogP contribution in [0, 0.1) is 19.7 Å². The Morgan fingerprint density at radius 1 is 1.14 bits per heavy atom. The second kappa shape index (κ2) is 5.48. The Labute approximate surface area is 127 Å². The summed E-state index contributed by atoms with van der Waals surface area (Å²) in [6.45, 7) is 6.91. The molecular formula is C15H17ClFNO3. The minimum absolute atomic E-state index is 0.0266. The molecule has 6 heteroatoms. The third-order valence-corrected chi connectivity index (χ3v) is 3.56. The van der Waals surface area contributed by atoms with Crippen LogP contribution in [0.4, 0.5) is 4.39 Å².